The molecule has 1 N–H and O–H groups in total. The Balaban J connectivity index is 2.02. The molecule has 0 aliphatic rings. The summed E-state index contributed by atoms with van der Waals surface area (Å²) in [6.07, 6.45) is 1.58. The number of hydrogen-bond donors (Lipinski definition) is 1. The van der Waals surface area contributed by atoms with E-state index in [9.17, 15) is 13.6 Å². The van der Waals surface area contributed by atoms with Crippen molar-refractivity contribution >= 4 is 23.4 Å². The number of hydrogen-bond acceptors (Lipinski definition) is 4. The Hall–Kier alpha value is -1.96. The first-order valence-electron chi connectivity index (χ1n) is 6.31. The first-order chi connectivity index (χ1) is 10.0. The number of carbonyl (C=O) groups is 1. The molecule has 0 fully saturated rings. The molecule has 1 amide bonds. The summed E-state index contributed by atoms with van der Waals surface area (Å²) in [6, 6.07) is 3.00. The van der Waals surface area contributed by atoms with Gasteiger partial charge in [-0.25, -0.2) is 8.78 Å². The molecular formula is C13H14F2N4OS. The minimum Gasteiger partial charge on any atom is -0.323 e. The monoisotopic (exact) mass is 312 g/mol. The van der Waals surface area contributed by atoms with Crippen molar-refractivity contribution in [2.75, 3.05) is 5.32 Å². The number of aromatic nitrogens is 3. The Labute approximate surface area is 124 Å². The van der Waals surface area contributed by atoms with Crippen LogP contribution in [0.15, 0.2) is 29.7 Å². The molecule has 0 aliphatic heterocycles. The molecule has 0 spiro atoms. The number of anilines is 1. The Kier molecular flexibility index (Phi) is 4.89. The zero-order chi connectivity index (χ0) is 15.4. The van der Waals surface area contributed by atoms with Crippen molar-refractivity contribution in [1.29, 1.82) is 0 Å². The predicted molar refractivity (Wildman–Crippen MR) is 76.0 cm³/mol. The number of thioether (sulfide) groups is 1. The quantitative estimate of drug-likeness (QED) is 0.862. The van der Waals surface area contributed by atoms with E-state index in [-0.39, 0.29) is 5.69 Å². The van der Waals surface area contributed by atoms with Crippen LogP contribution in [0, 0.1) is 11.6 Å². The lowest BCUT2D eigenvalue weighted by atomic mass is 10.3. The second-order valence-electron chi connectivity index (χ2n) is 4.27. The molecule has 1 aromatic heterocycles. The van der Waals surface area contributed by atoms with Crippen molar-refractivity contribution in [2.45, 2.75) is 30.8 Å². The van der Waals surface area contributed by atoms with E-state index in [1.54, 1.807) is 17.8 Å². The molecule has 1 heterocycles. The summed E-state index contributed by atoms with van der Waals surface area (Å²) in [7, 11) is 0. The van der Waals surface area contributed by atoms with Gasteiger partial charge in [0, 0.05) is 12.6 Å². The van der Waals surface area contributed by atoms with Crippen molar-refractivity contribution in [3.63, 3.8) is 0 Å². The van der Waals surface area contributed by atoms with Gasteiger partial charge in [0.15, 0.2) is 5.16 Å². The molecule has 0 saturated carbocycles. The fraction of sp³-hybridized carbons (Fsp3) is 0.308. The van der Waals surface area contributed by atoms with E-state index in [1.165, 1.54) is 17.8 Å². The molecule has 0 radical (unpaired) electrons. The van der Waals surface area contributed by atoms with Crippen LogP contribution in [0.4, 0.5) is 14.5 Å². The number of carbonyl (C=O) groups excluding carboxylic acids is 1. The molecule has 21 heavy (non-hydrogen) atoms. The third-order valence-corrected chi connectivity index (χ3v) is 3.86. The molecule has 2 aromatic rings. The Morgan fingerprint density at radius 2 is 2.24 bits per heavy atom. The minimum atomic E-state index is -0.808. The van der Waals surface area contributed by atoms with Crippen molar-refractivity contribution in [1.82, 2.24) is 14.8 Å². The van der Waals surface area contributed by atoms with Crippen molar-refractivity contribution in [3.05, 3.63) is 36.2 Å². The van der Waals surface area contributed by atoms with Crippen LogP contribution in [-0.4, -0.2) is 25.9 Å². The number of nitrogens with one attached hydrogen (secondary N) is 1. The number of rotatable bonds is 5. The lowest BCUT2D eigenvalue weighted by molar-refractivity contribution is -0.115. The zero-order valence-electron chi connectivity index (χ0n) is 11.5. The van der Waals surface area contributed by atoms with Crippen molar-refractivity contribution in [3.8, 4) is 0 Å². The number of amides is 1. The molecular weight excluding hydrogens is 298 g/mol. The highest BCUT2D eigenvalue weighted by Crippen LogP contribution is 2.23. The number of halogens is 2. The topological polar surface area (TPSA) is 59.8 Å². The van der Waals surface area contributed by atoms with E-state index >= 15 is 0 Å². The van der Waals surface area contributed by atoms with E-state index in [0.29, 0.717) is 11.7 Å². The number of benzene rings is 1. The van der Waals surface area contributed by atoms with Crippen LogP contribution in [0.5, 0.6) is 0 Å². The first kappa shape index (κ1) is 15.4. The highest BCUT2D eigenvalue weighted by Gasteiger charge is 2.19. The summed E-state index contributed by atoms with van der Waals surface area (Å²) in [5.74, 6) is -1.89. The third kappa shape index (κ3) is 3.78. The fourth-order valence-electron chi connectivity index (χ4n) is 1.59. The van der Waals surface area contributed by atoms with Gasteiger partial charge in [-0.2, -0.15) is 0 Å². The molecule has 0 bridgehead atoms. The van der Waals surface area contributed by atoms with Crippen molar-refractivity contribution in [2.24, 2.45) is 0 Å². The third-order valence-electron chi connectivity index (χ3n) is 2.76. The van der Waals surface area contributed by atoms with Crippen LogP contribution in [0.25, 0.3) is 0 Å². The van der Waals surface area contributed by atoms with E-state index < -0.39 is 22.8 Å². The molecule has 1 aromatic carbocycles. The zero-order valence-corrected chi connectivity index (χ0v) is 12.3. The predicted octanol–water partition coefficient (Wildman–Crippen LogP) is 2.70. The van der Waals surface area contributed by atoms with Crippen molar-refractivity contribution < 1.29 is 13.6 Å². The Morgan fingerprint density at radius 3 is 2.90 bits per heavy atom. The summed E-state index contributed by atoms with van der Waals surface area (Å²) < 4.78 is 28.1. The first-order valence-corrected chi connectivity index (χ1v) is 7.19. The highest BCUT2D eigenvalue weighted by atomic mass is 32.2. The van der Waals surface area contributed by atoms with Gasteiger partial charge >= 0.3 is 0 Å². The van der Waals surface area contributed by atoms with Gasteiger partial charge in [-0.05, 0) is 26.0 Å². The minimum absolute atomic E-state index is 0.0502. The molecule has 0 unspecified atom stereocenters. The maximum absolute atomic E-state index is 13.5. The molecule has 0 saturated heterocycles. The Bertz CT molecular complexity index is 647. The van der Waals surface area contributed by atoms with Gasteiger partial charge in [0.05, 0.1) is 10.9 Å². The average molecular weight is 312 g/mol. The lowest BCUT2D eigenvalue weighted by Gasteiger charge is -2.12. The Morgan fingerprint density at radius 1 is 1.48 bits per heavy atom. The van der Waals surface area contributed by atoms with Gasteiger partial charge in [0.1, 0.15) is 18.0 Å². The van der Waals surface area contributed by atoms with Crippen LogP contribution >= 0.6 is 11.8 Å². The van der Waals surface area contributed by atoms with E-state index in [0.717, 1.165) is 12.1 Å². The van der Waals surface area contributed by atoms with Gasteiger partial charge in [0.25, 0.3) is 0 Å². The molecule has 112 valence electrons. The van der Waals surface area contributed by atoms with Gasteiger partial charge < -0.3 is 9.88 Å². The van der Waals surface area contributed by atoms with Gasteiger partial charge in [-0.1, -0.05) is 11.8 Å². The maximum atomic E-state index is 13.5. The normalized spacial score (nSPS) is 12.2. The maximum Gasteiger partial charge on any atom is 0.237 e. The average Bonchev–Trinajstić information content (AvgIpc) is 2.89. The van der Waals surface area contributed by atoms with Gasteiger partial charge in [-0.3, -0.25) is 4.79 Å². The molecule has 8 heteroatoms. The summed E-state index contributed by atoms with van der Waals surface area (Å²) >= 11 is 1.22. The lowest BCUT2D eigenvalue weighted by Crippen LogP contribution is -2.23. The number of nitrogens with zero attached hydrogens (tertiary/aromatic N) is 3. The molecule has 2 rings (SSSR count). The van der Waals surface area contributed by atoms with E-state index in [4.69, 9.17) is 0 Å². The SMILES string of the molecule is CCn1cnnc1S[C@H](C)C(=O)Nc1ccc(F)cc1F. The van der Waals surface area contributed by atoms with Crippen LogP contribution in [-0.2, 0) is 11.3 Å². The van der Waals surface area contributed by atoms with Crippen LogP contribution in [0.1, 0.15) is 13.8 Å². The summed E-state index contributed by atoms with van der Waals surface area (Å²) in [6.45, 7) is 4.30. The van der Waals surface area contributed by atoms with E-state index in [1.807, 2.05) is 6.92 Å². The fourth-order valence-corrected chi connectivity index (χ4v) is 2.48. The van der Waals surface area contributed by atoms with Gasteiger partial charge in [0.2, 0.25) is 5.91 Å². The summed E-state index contributed by atoms with van der Waals surface area (Å²) in [4.78, 5) is 12.0. The molecule has 5 nitrogen and oxygen atoms in total. The van der Waals surface area contributed by atoms with Crippen LogP contribution in [0.3, 0.4) is 0 Å². The number of aryl methyl sites for hydroxylation is 1. The summed E-state index contributed by atoms with van der Waals surface area (Å²) in [5, 5.41) is 10.2. The smallest absolute Gasteiger partial charge is 0.237 e. The second kappa shape index (κ2) is 6.66. The van der Waals surface area contributed by atoms with E-state index in [2.05, 4.69) is 15.5 Å². The van der Waals surface area contributed by atoms with Gasteiger partial charge in [-0.15, -0.1) is 10.2 Å². The van der Waals surface area contributed by atoms with Crippen LogP contribution < -0.4 is 5.32 Å². The molecule has 0 aliphatic carbocycles. The molecule has 1 atom stereocenters. The second-order valence-corrected chi connectivity index (χ2v) is 5.58. The largest absolute Gasteiger partial charge is 0.323 e. The highest BCUT2D eigenvalue weighted by molar-refractivity contribution is 8.00. The van der Waals surface area contributed by atoms with Crippen LogP contribution in [0.2, 0.25) is 0 Å². The summed E-state index contributed by atoms with van der Waals surface area (Å²) in [5.41, 5.74) is -0.0502. The standard InChI is InChI=1S/C13H14F2N4OS/c1-3-19-7-16-18-13(19)21-8(2)12(20)17-11-5-4-9(14)6-10(11)15/h4-8H,3H2,1-2H3,(H,17,20)/t8-/m1/s1.